The lowest BCUT2D eigenvalue weighted by molar-refractivity contribution is 0.319. The normalized spacial score (nSPS) is 11.9. The second-order valence-corrected chi connectivity index (χ2v) is 6.83. The molecule has 3 N–H and O–H groups in total. The quantitative estimate of drug-likeness (QED) is 0.265. The molecule has 0 saturated carbocycles. The van der Waals surface area contributed by atoms with Gasteiger partial charge in [0.05, 0.1) is 5.69 Å². The van der Waals surface area contributed by atoms with Gasteiger partial charge in [-0.05, 0) is 22.9 Å². The van der Waals surface area contributed by atoms with E-state index in [0.717, 1.165) is 38.8 Å². The largest absolute Gasteiger partial charge is 0.410 e. The minimum absolute atomic E-state index is 0.459. The van der Waals surface area contributed by atoms with E-state index in [-0.39, 0.29) is 0 Å². The first-order valence-electron chi connectivity index (χ1n) is 9.30. The van der Waals surface area contributed by atoms with Gasteiger partial charge in [0.1, 0.15) is 11.4 Å². The number of nitrogens with zero attached hydrogens (tertiary/aromatic N) is 3. The molecule has 0 fully saturated rings. The van der Waals surface area contributed by atoms with Crippen LogP contribution in [0.2, 0.25) is 0 Å². The average Bonchev–Trinajstić information content (AvgIpc) is 3.09. The van der Waals surface area contributed by atoms with Gasteiger partial charge in [0.15, 0.2) is 5.82 Å². The number of hydrogen-bond acceptors (Lipinski definition) is 4. The Labute approximate surface area is 167 Å². The van der Waals surface area contributed by atoms with Gasteiger partial charge in [0.25, 0.3) is 0 Å². The standard InChI is InChI=1S/C24H18N4O/c25-24-23(20-12-6-10-16-7-4-5-11-19(16)20)28-15-18(13-14-21(28)26-24)22(27-29)17-8-2-1-3-9-17/h1-15,29H,25H2. The van der Waals surface area contributed by atoms with E-state index in [0.29, 0.717) is 11.5 Å². The van der Waals surface area contributed by atoms with Crippen LogP contribution in [0.15, 0.2) is 96.3 Å². The molecule has 5 rings (SSSR count). The van der Waals surface area contributed by atoms with Gasteiger partial charge in [0.2, 0.25) is 0 Å². The first-order chi connectivity index (χ1) is 14.3. The Morgan fingerprint density at radius 2 is 1.59 bits per heavy atom. The van der Waals surface area contributed by atoms with Crippen LogP contribution in [0.25, 0.3) is 27.7 Å². The number of rotatable bonds is 3. The van der Waals surface area contributed by atoms with Gasteiger partial charge in [-0.1, -0.05) is 78.0 Å². The molecule has 0 aliphatic carbocycles. The van der Waals surface area contributed by atoms with Crippen molar-refractivity contribution in [2.24, 2.45) is 5.16 Å². The first-order valence-corrected chi connectivity index (χ1v) is 9.30. The van der Waals surface area contributed by atoms with Gasteiger partial charge in [-0.25, -0.2) is 4.98 Å². The minimum atomic E-state index is 0.459. The summed E-state index contributed by atoms with van der Waals surface area (Å²) in [6.07, 6.45) is 1.91. The van der Waals surface area contributed by atoms with Crippen molar-refractivity contribution < 1.29 is 5.21 Å². The van der Waals surface area contributed by atoms with Crippen LogP contribution in [0.1, 0.15) is 11.1 Å². The molecule has 3 aromatic carbocycles. The number of anilines is 1. The molecule has 0 spiro atoms. The summed E-state index contributed by atoms with van der Waals surface area (Å²) in [5, 5.41) is 15.5. The lowest BCUT2D eigenvalue weighted by Gasteiger charge is -2.10. The van der Waals surface area contributed by atoms with Crippen molar-refractivity contribution in [3.05, 3.63) is 102 Å². The van der Waals surface area contributed by atoms with E-state index in [1.54, 1.807) is 0 Å². The summed E-state index contributed by atoms with van der Waals surface area (Å²) >= 11 is 0. The van der Waals surface area contributed by atoms with Crippen LogP contribution in [0.5, 0.6) is 0 Å². The van der Waals surface area contributed by atoms with Crippen molar-refractivity contribution in [3.8, 4) is 11.3 Å². The van der Waals surface area contributed by atoms with E-state index in [2.05, 4.69) is 28.3 Å². The number of nitrogens with two attached hydrogens (primary N) is 1. The highest BCUT2D eigenvalue weighted by Crippen LogP contribution is 2.33. The Kier molecular flexibility index (Phi) is 3.99. The predicted molar refractivity (Wildman–Crippen MR) is 116 cm³/mol. The Balaban J connectivity index is 1.75. The van der Waals surface area contributed by atoms with E-state index >= 15 is 0 Å². The fraction of sp³-hybridized carbons (Fsp3) is 0. The Morgan fingerprint density at radius 1 is 0.828 bits per heavy atom. The van der Waals surface area contributed by atoms with Crippen molar-refractivity contribution in [2.75, 3.05) is 5.73 Å². The summed E-state index contributed by atoms with van der Waals surface area (Å²) in [5.41, 5.74) is 11.0. The Bertz CT molecular complexity index is 1360. The Hall–Kier alpha value is -4.12. The zero-order valence-corrected chi connectivity index (χ0v) is 15.5. The molecule has 0 unspecified atom stereocenters. The van der Waals surface area contributed by atoms with E-state index in [1.165, 1.54) is 0 Å². The van der Waals surface area contributed by atoms with Crippen molar-refractivity contribution in [3.63, 3.8) is 0 Å². The van der Waals surface area contributed by atoms with Crippen LogP contribution in [-0.4, -0.2) is 20.3 Å². The number of hydrogen-bond donors (Lipinski definition) is 2. The first kappa shape index (κ1) is 17.0. The minimum Gasteiger partial charge on any atom is -0.410 e. The maximum Gasteiger partial charge on any atom is 0.150 e. The summed E-state index contributed by atoms with van der Waals surface area (Å²) in [7, 11) is 0. The molecule has 29 heavy (non-hydrogen) atoms. The number of benzene rings is 3. The molecule has 0 atom stereocenters. The fourth-order valence-electron chi connectivity index (χ4n) is 3.78. The number of fused-ring (bicyclic) bond motifs is 2. The number of imidazole rings is 1. The maximum absolute atomic E-state index is 9.68. The molecule has 0 radical (unpaired) electrons. The van der Waals surface area contributed by atoms with Crippen LogP contribution in [0.3, 0.4) is 0 Å². The lowest BCUT2D eigenvalue weighted by Crippen LogP contribution is -2.05. The van der Waals surface area contributed by atoms with Crippen molar-refractivity contribution in [2.45, 2.75) is 0 Å². The highest BCUT2D eigenvalue weighted by atomic mass is 16.4. The van der Waals surface area contributed by atoms with Gasteiger partial charge in [-0.15, -0.1) is 0 Å². The third-order valence-electron chi connectivity index (χ3n) is 5.11. The van der Waals surface area contributed by atoms with Gasteiger partial charge in [-0.3, -0.25) is 4.40 Å². The van der Waals surface area contributed by atoms with Crippen LogP contribution >= 0.6 is 0 Å². The predicted octanol–water partition coefficient (Wildman–Crippen LogP) is 4.96. The number of pyridine rings is 1. The smallest absolute Gasteiger partial charge is 0.150 e. The van der Waals surface area contributed by atoms with E-state index in [1.807, 2.05) is 77.3 Å². The Morgan fingerprint density at radius 3 is 2.41 bits per heavy atom. The van der Waals surface area contributed by atoms with Crippen molar-refractivity contribution in [1.29, 1.82) is 0 Å². The summed E-state index contributed by atoms with van der Waals surface area (Å²) in [5.74, 6) is 0.459. The molecule has 140 valence electrons. The van der Waals surface area contributed by atoms with Crippen molar-refractivity contribution >= 4 is 27.9 Å². The summed E-state index contributed by atoms with van der Waals surface area (Å²) in [6, 6.07) is 27.7. The SMILES string of the molecule is Nc1nc2ccc(C(=NO)c3ccccc3)cn2c1-c1cccc2ccccc12. The van der Waals surface area contributed by atoms with Gasteiger partial charge >= 0.3 is 0 Å². The molecule has 0 saturated heterocycles. The third kappa shape index (κ3) is 2.80. The molecule has 2 heterocycles. The van der Waals surface area contributed by atoms with Gasteiger partial charge in [0, 0.05) is 22.9 Å². The molecular weight excluding hydrogens is 360 g/mol. The molecule has 2 aromatic heterocycles. The zero-order valence-electron chi connectivity index (χ0n) is 15.5. The zero-order chi connectivity index (χ0) is 19.8. The topological polar surface area (TPSA) is 75.9 Å². The molecule has 5 heteroatoms. The molecule has 0 amide bonds. The van der Waals surface area contributed by atoms with E-state index < -0.39 is 0 Å². The van der Waals surface area contributed by atoms with Crippen LogP contribution < -0.4 is 5.73 Å². The van der Waals surface area contributed by atoms with E-state index in [4.69, 9.17) is 5.73 Å². The molecular formula is C24H18N4O. The number of oxime groups is 1. The third-order valence-corrected chi connectivity index (χ3v) is 5.11. The number of aromatic nitrogens is 2. The van der Waals surface area contributed by atoms with Gasteiger partial charge in [-0.2, -0.15) is 0 Å². The number of nitrogen functional groups attached to an aromatic ring is 1. The highest BCUT2D eigenvalue weighted by molar-refractivity contribution is 6.12. The highest BCUT2D eigenvalue weighted by Gasteiger charge is 2.16. The van der Waals surface area contributed by atoms with E-state index in [9.17, 15) is 5.21 Å². The molecule has 5 nitrogen and oxygen atoms in total. The van der Waals surface area contributed by atoms with Crippen LogP contribution in [0, 0.1) is 0 Å². The maximum atomic E-state index is 9.68. The average molecular weight is 378 g/mol. The lowest BCUT2D eigenvalue weighted by atomic mass is 10.0. The fourth-order valence-corrected chi connectivity index (χ4v) is 3.78. The monoisotopic (exact) mass is 378 g/mol. The molecule has 0 bridgehead atoms. The summed E-state index contributed by atoms with van der Waals surface area (Å²) in [4.78, 5) is 4.53. The van der Waals surface area contributed by atoms with Gasteiger partial charge < -0.3 is 10.9 Å². The molecule has 5 aromatic rings. The van der Waals surface area contributed by atoms with Crippen molar-refractivity contribution in [1.82, 2.24) is 9.38 Å². The van der Waals surface area contributed by atoms with Crippen LogP contribution in [-0.2, 0) is 0 Å². The molecule has 0 aliphatic rings. The summed E-state index contributed by atoms with van der Waals surface area (Å²) < 4.78 is 1.96. The second-order valence-electron chi connectivity index (χ2n) is 6.83. The second kappa shape index (κ2) is 6.80. The molecule has 0 aliphatic heterocycles. The summed E-state index contributed by atoms with van der Waals surface area (Å²) in [6.45, 7) is 0. The van der Waals surface area contributed by atoms with Crippen LogP contribution in [0.4, 0.5) is 5.82 Å².